The molecule has 6 nitrogen and oxygen atoms in total. The summed E-state index contributed by atoms with van der Waals surface area (Å²) >= 11 is 0. The summed E-state index contributed by atoms with van der Waals surface area (Å²) in [6.45, 7) is 2.36. The number of nitro groups is 1. The zero-order valence-corrected chi connectivity index (χ0v) is 12.7. The zero-order chi connectivity index (χ0) is 16.4. The molecular weight excluding hydrogens is 294 g/mol. The van der Waals surface area contributed by atoms with Gasteiger partial charge < -0.3 is 10.2 Å². The lowest BCUT2D eigenvalue weighted by molar-refractivity contribution is -0.384. The highest BCUT2D eigenvalue weighted by Gasteiger charge is 2.26. The first kappa shape index (κ1) is 15.0. The monoisotopic (exact) mass is 311 g/mol. The Kier molecular flexibility index (Phi) is 3.97. The lowest BCUT2D eigenvalue weighted by Crippen LogP contribution is -2.37. The largest absolute Gasteiger partial charge is 0.359 e. The van der Waals surface area contributed by atoms with Crippen molar-refractivity contribution in [1.29, 1.82) is 0 Å². The van der Waals surface area contributed by atoms with E-state index < -0.39 is 4.92 Å². The number of para-hydroxylation sites is 1. The number of fused-ring (bicyclic) bond motifs is 1. The van der Waals surface area contributed by atoms with Gasteiger partial charge in [-0.2, -0.15) is 0 Å². The Morgan fingerprint density at radius 1 is 1.26 bits per heavy atom. The molecule has 0 aromatic heterocycles. The maximum absolute atomic E-state index is 12.3. The molecule has 1 aliphatic rings. The van der Waals surface area contributed by atoms with E-state index >= 15 is 0 Å². The highest BCUT2D eigenvalue weighted by Crippen LogP contribution is 2.31. The van der Waals surface area contributed by atoms with E-state index in [1.54, 1.807) is 0 Å². The van der Waals surface area contributed by atoms with Crippen molar-refractivity contribution in [2.24, 2.45) is 0 Å². The van der Waals surface area contributed by atoms with Crippen LogP contribution in [0.4, 0.5) is 17.1 Å². The van der Waals surface area contributed by atoms with Crippen LogP contribution in [0.5, 0.6) is 0 Å². The maximum Gasteiger partial charge on any atom is 0.269 e. The van der Waals surface area contributed by atoms with Crippen molar-refractivity contribution in [2.45, 2.75) is 19.4 Å². The van der Waals surface area contributed by atoms with Crippen molar-refractivity contribution in [3.63, 3.8) is 0 Å². The van der Waals surface area contributed by atoms with Crippen LogP contribution in [0.1, 0.15) is 12.5 Å². The molecule has 1 heterocycles. The van der Waals surface area contributed by atoms with Gasteiger partial charge in [0.25, 0.3) is 5.69 Å². The first-order valence-electron chi connectivity index (χ1n) is 7.43. The normalized spacial score (nSPS) is 16.0. The van der Waals surface area contributed by atoms with Crippen LogP contribution in [0.2, 0.25) is 0 Å². The average molecular weight is 311 g/mol. The molecule has 0 saturated carbocycles. The summed E-state index contributed by atoms with van der Waals surface area (Å²) in [5.41, 5.74) is 2.91. The third-order valence-corrected chi connectivity index (χ3v) is 4.02. The molecule has 3 rings (SSSR count). The number of hydrogen-bond donors (Lipinski definition) is 1. The number of non-ortho nitro benzene ring substituents is 1. The van der Waals surface area contributed by atoms with Crippen molar-refractivity contribution in [2.75, 3.05) is 16.8 Å². The molecule has 1 aliphatic heterocycles. The van der Waals surface area contributed by atoms with Crippen molar-refractivity contribution in [3.05, 3.63) is 64.2 Å². The molecule has 118 valence electrons. The molecule has 0 aliphatic carbocycles. The molecule has 0 saturated heterocycles. The molecular formula is C17H17N3O3. The summed E-state index contributed by atoms with van der Waals surface area (Å²) in [4.78, 5) is 24.5. The summed E-state index contributed by atoms with van der Waals surface area (Å²) < 4.78 is 0. The summed E-state index contributed by atoms with van der Waals surface area (Å²) in [5.74, 6) is -0.137. The van der Waals surface area contributed by atoms with Gasteiger partial charge in [0.05, 0.1) is 11.5 Å². The Bertz CT molecular complexity index is 743. The smallest absolute Gasteiger partial charge is 0.269 e. The SMILES string of the molecule is CC1Cc2ccccc2N1CC(=O)Nc1ccc([N+](=O)[O-])cc1. The number of nitrogens with zero attached hydrogens (tertiary/aromatic N) is 2. The summed E-state index contributed by atoms with van der Waals surface area (Å²) in [5, 5.41) is 13.4. The van der Waals surface area contributed by atoms with E-state index in [9.17, 15) is 14.9 Å². The first-order valence-corrected chi connectivity index (χ1v) is 7.43. The molecule has 0 fully saturated rings. The molecule has 1 atom stereocenters. The lowest BCUT2D eigenvalue weighted by atomic mass is 10.1. The number of carbonyl (C=O) groups is 1. The Morgan fingerprint density at radius 2 is 1.96 bits per heavy atom. The third kappa shape index (κ3) is 3.15. The highest BCUT2D eigenvalue weighted by molar-refractivity contribution is 5.94. The minimum absolute atomic E-state index is 0.00471. The van der Waals surface area contributed by atoms with E-state index in [0.717, 1.165) is 12.1 Å². The summed E-state index contributed by atoms with van der Waals surface area (Å²) in [7, 11) is 0. The predicted octanol–water partition coefficient (Wildman–Crippen LogP) is 2.98. The Hall–Kier alpha value is -2.89. The molecule has 23 heavy (non-hydrogen) atoms. The van der Waals surface area contributed by atoms with E-state index in [2.05, 4.69) is 23.2 Å². The van der Waals surface area contributed by atoms with E-state index in [4.69, 9.17) is 0 Å². The molecule has 0 bridgehead atoms. The Labute approximate surface area is 133 Å². The van der Waals surface area contributed by atoms with Gasteiger partial charge in [-0.15, -0.1) is 0 Å². The molecule has 0 spiro atoms. The van der Waals surface area contributed by atoms with E-state index in [1.165, 1.54) is 29.8 Å². The number of nitrogens with one attached hydrogen (secondary N) is 1. The van der Waals surface area contributed by atoms with Crippen LogP contribution >= 0.6 is 0 Å². The fraction of sp³-hybridized carbons (Fsp3) is 0.235. The van der Waals surface area contributed by atoms with Gasteiger partial charge in [0.2, 0.25) is 5.91 Å². The fourth-order valence-electron chi connectivity index (χ4n) is 2.89. The fourth-order valence-corrected chi connectivity index (χ4v) is 2.89. The molecule has 1 unspecified atom stereocenters. The topological polar surface area (TPSA) is 75.5 Å². The number of nitro benzene ring substituents is 1. The average Bonchev–Trinajstić information content (AvgIpc) is 2.84. The minimum atomic E-state index is -0.464. The number of rotatable bonds is 4. The highest BCUT2D eigenvalue weighted by atomic mass is 16.6. The molecule has 1 N–H and O–H groups in total. The van der Waals surface area contributed by atoms with Crippen molar-refractivity contribution in [3.8, 4) is 0 Å². The second kappa shape index (κ2) is 6.08. The lowest BCUT2D eigenvalue weighted by Gasteiger charge is -2.24. The first-order chi connectivity index (χ1) is 11.0. The van der Waals surface area contributed by atoms with Crippen LogP contribution in [-0.4, -0.2) is 23.4 Å². The van der Waals surface area contributed by atoms with Gasteiger partial charge in [-0.1, -0.05) is 18.2 Å². The van der Waals surface area contributed by atoms with Gasteiger partial charge in [0, 0.05) is 29.5 Å². The van der Waals surface area contributed by atoms with Gasteiger partial charge in [-0.3, -0.25) is 14.9 Å². The number of amides is 1. The number of hydrogen-bond acceptors (Lipinski definition) is 4. The molecule has 1 amide bonds. The van der Waals surface area contributed by atoms with Gasteiger partial charge >= 0.3 is 0 Å². The number of benzene rings is 2. The van der Waals surface area contributed by atoms with Crippen LogP contribution in [0, 0.1) is 10.1 Å². The minimum Gasteiger partial charge on any atom is -0.359 e. The van der Waals surface area contributed by atoms with Gasteiger partial charge in [-0.05, 0) is 37.1 Å². The second-order valence-electron chi connectivity index (χ2n) is 5.66. The van der Waals surface area contributed by atoms with Crippen LogP contribution in [0.15, 0.2) is 48.5 Å². The maximum atomic E-state index is 12.3. The zero-order valence-electron chi connectivity index (χ0n) is 12.7. The van der Waals surface area contributed by atoms with Gasteiger partial charge in [0.1, 0.15) is 0 Å². The number of carbonyl (C=O) groups excluding carboxylic acids is 1. The van der Waals surface area contributed by atoms with Gasteiger partial charge in [-0.25, -0.2) is 0 Å². The van der Waals surface area contributed by atoms with Crippen LogP contribution < -0.4 is 10.2 Å². The van der Waals surface area contributed by atoms with Crippen LogP contribution in [0.3, 0.4) is 0 Å². The molecule has 0 radical (unpaired) electrons. The summed E-state index contributed by atoms with van der Waals surface area (Å²) in [6.07, 6.45) is 0.932. The van der Waals surface area contributed by atoms with Gasteiger partial charge in [0.15, 0.2) is 0 Å². The van der Waals surface area contributed by atoms with Crippen molar-refractivity contribution >= 4 is 23.0 Å². The Balaban J connectivity index is 1.67. The third-order valence-electron chi connectivity index (χ3n) is 4.02. The number of anilines is 2. The van der Waals surface area contributed by atoms with E-state index in [0.29, 0.717) is 5.69 Å². The summed E-state index contributed by atoms with van der Waals surface area (Å²) in [6, 6.07) is 14.2. The molecule has 2 aromatic carbocycles. The second-order valence-corrected chi connectivity index (χ2v) is 5.66. The predicted molar refractivity (Wildman–Crippen MR) is 88.7 cm³/mol. The molecule has 6 heteroatoms. The van der Waals surface area contributed by atoms with Crippen molar-refractivity contribution in [1.82, 2.24) is 0 Å². The van der Waals surface area contributed by atoms with Crippen LogP contribution in [-0.2, 0) is 11.2 Å². The standard InChI is InChI=1S/C17H17N3O3/c1-12-10-13-4-2-3-5-16(13)19(12)11-17(21)18-14-6-8-15(9-7-14)20(22)23/h2-9,12H,10-11H2,1H3,(H,18,21). The van der Waals surface area contributed by atoms with Crippen LogP contribution in [0.25, 0.3) is 0 Å². The molecule has 2 aromatic rings. The van der Waals surface area contributed by atoms with Crippen molar-refractivity contribution < 1.29 is 9.72 Å². The quantitative estimate of drug-likeness (QED) is 0.695. The van der Waals surface area contributed by atoms with E-state index in [1.807, 2.05) is 18.2 Å². The van der Waals surface area contributed by atoms with E-state index in [-0.39, 0.29) is 24.2 Å². The Morgan fingerprint density at radius 3 is 2.65 bits per heavy atom.